The standard InChI is InChI=1S/C15H26N4O.HI/c1-16-15(17-10-12-6-4-8-14(12)20)19(3)11-13-7-5-9-18(13)2;/h5,7,9,12,14,20H,4,6,8,10-11H2,1-3H3,(H,16,17);1H. The summed E-state index contributed by atoms with van der Waals surface area (Å²) in [7, 11) is 5.89. The Kier molecular flexibility index (Phi) is 7.51. The highest BCUT2D eigenvalue weighted by Gasteiger charge is 2.25. The molecule has 21 heavy (non-hydrogen) atoms. The summed E-state index contributed by atoms with van der Waals surface area (Å²) in [6.07, 6.45) is 5.06. The van der Waals surface area contributed by atoms with Gasteiger partial charge in [-0.05, 0) is 25.0 Å². The van der Waals surface area contributed by atoms with Gasteiger partial charge in [-0.3, -0.25) is 4.99 Å². The number of aryl methyl sites for hydroxylation is 1. The largest absolute Gasteiger partial charge is 0.393 e. The van der Waals surface area contributed by atoms with Crippen LogP contribution in [0.2, 0.25) is 0 Å². The van der Waals surface area contributed by atoms with Crippen LogP contribution in [0.1, 0.15) is 25.0 Å². The molecule has 1 aromatic heterocycles. The SMILES string of the molecule is CN=C(NCC1CCCC1O)N(C)Cc1cccn1C.I. The Balaban J connectivity index is 0.00000220. The highest BCUT2D eigenvalue weighted by Crippen LogP contribution is 2.24. The molecule has 1 aromatic rings. The van der Waals surface area contributed by atoms with Gasteiger partial charge in [0.1, 0.15) is 0 Å². The van der Waals surface area contributed by atoms with E-state index in [4.69, 9.17) is 0 Å². The molecule has 1 saturated carbocycles. The molecule has 1 aliphatic rings. The molecule has 1 fully saturated rings. The van der Waals surface area contributed by atoms with Gasteiger partial charge in [-0.2, -0.15) is 0 Å². The summed E-state index contributed by atoms with van der Waals surface area (Å²) < 4.78 is 2.12. The molecule has 0 spiro atoms. The Hall–Kier alpha value is -0.760. The van der Waals surface area contributed by atoms with E-state index < -0.39 is 0 Å². The Morgan fingerprint density at radius 3 is 2.81 bits per heavy atom. The van der Waals surface area contributed by atoms with Crippen LogP contribution in [0.15, 0.2) is 23.3 Å². The highest BCUT2D eigenvalue weighted by molar-refractivity contribution is 14.0. The lowest BCUT2D eigenvalue weighted by molar-refractivity contribution is 0.134. The summed E-state index contributed by atoms with van der Waals surface area (Å²) in [6, 6.07) is 4.17. The normalized spacial score (nSPS) is 22.0. The maximum Gasteiger partial charge on any atom is 0.193 e. The number of aromatic nitrogens is 1. The first kappa shape index (κ1) is 18.3. The van der Waals surface area contributed by atoms with Crippen molar-refractivity contribution in [2.75, 3.05) is 20.6 Å². The highest BCUT2D eigenvalue weighted by atomic mass is 127. The molecule has 2 N–H and O–H groups in total. The molecule has 2 unspecified atom stereocenters. The van der Waals surface area contributed by atoms with Crippen LogP contribution in [0.4, 0.5) is 0 Å². The molecular weight excluding hydrogens is 379 g/mol. The Labute approximate surface area is 144 Å². The summed E-state index contributed by atoms with van der Waals surface area (Å²) in [5.74, 6) is 1.24. The van der Waals surface area contributed by atoms with Crippen LogP contribution in [-0.4, -0.2) is 47.3 Å². The Morgan fingerprint density at radius 1 is 1.52 bits per heavy atom. The van der Waals surface area contributed by atoms with Crippen LogP contribution in [0.25, 0.3) is 0 Å². The molecule has 0 radical (unpaired) electrons. The quantitative estimate of drug-likeness (QED) is 0.456. The summed E-state index contributed by atoms with van der Waals surface area (Å²) in [6.45, 7) is 1.61. The lowest BCUT2D eigenvalue weighted by Gasteiger charge is -2.24. The van der Waals surface area contributed by atoms with Crippen molar-refractivity contribution in [3.63, 3.8) is 0 Å². The van der Waals surface area contributed by atoms with E-state index in [1.165, 1.54) is 5.69 Å². The van der Waals surface area contributed by atoms with E-state index in [1.54, 1.807) is 7.05 Å². The fourth-order valence-corrected chi connectivity index (χ4v) is 2.84. The molecule has 2 atom stereocenters. The van der Waals surface area contributed by atoms with Crippen molar-refractivity contribution >= 4 is 29.9 Å². The van der Waals surface area contributed by atoms with Crippen molar-refractivity contribution in [2.45, 2.75) is 31.9 Å². The number of aliphatic hydroxyl groups is 1. The van der Waals surface area contributed by atoms with E-state index in [0.717, 1.165) is 38.3 Å². The second kappa shape index (κ2) is 8.63. The number of rotatable bonds is 4. The van der Waals surface area contributed by atoms with E-state index in [0.29, 0.717) is 5.92 Å². The fraction of sp³-hybridized carbons (Fsp3) is 0.667. The van der Waals surface area contributed by atoms with Gasteiger partial charge in [-0.15, -0.1) is 24.0 Å². The molecule has 6 heteroatoms. The van der Waals surface area contributed by atoms with E-state index in [1.807, 2.05) is 26.4 Å². The second-order valence-corrected chi connectivity index (χ2v) is 5.65. The first-order valence-corrected chi connectivity index (χ1v) is 7.32. The van der Waals surface area contributed by atoms with Crippen LogP contribution in [0, 0.1) is 5.92 Å². The van der Waals surface area contributed by atoms with Gasteiger partial charge < -0.3 is 19.9 Å². The van der Waals surface area contributed by atoms with Crippen LogP contribution in [0.5, 0.6) is 0 Å². The van der Waals surface area contributed by atoms with E-state index in [2.05, 4.69) is 25.8 Å². The molecule has 0 amide bonds. The zero-order chi connectivity index (χ0) is 14.5. The van der Waals surface area contributed by atoms with Crippen molar-refractivity contribution in [1.29, 1.82) is 0 Å². The first-order valence-electron chi connectivity index (χ1n) is 7.32. The molecular formula is C15H27IN4O. The molecule has 0 aromatic carbocycles. The number of guanidine groups is 1. The predicted molar refractivity (Wildman–Crippen MR) is 97.0 cm³/mol. The minimum absolute atomic E-state index is 0. The lowest BCUT2D eigenvalue weighted by Crippen LogP contribution is -2.42. The van der Waals surface area contributed by atoms with Crippen LogP contribution in [-0.2, 0) is 13.6 Å². The maximum atomic E-state index is 9.86. The molecule has 120 valence electrons. The van der Waals surface area contributed by atoms with Gasteiger partial charge >= 0.3 is 0 Å². The minimum atomic E-state index is -0.154. The Bertz CT molecular complexity index is 460. The third-order valence-corrected chi connectivity index (χ3v) is 4.17. The lowest BCUT2D eigenvalue weighted by atomic mass is 10.1. The molecule has 0 saturated heterocycles. The van der Waals surface area contributed by atoms with Gasteiger partial charge in [0.05, 0.1) is 12.6 Å². The third-order valence-electron chi connectivity index (χ3n) is 4.17. The van der Waals surface area contributed by atoms with Gasteiger partial charge in [-0.25, -0.2) is 0 Å². The van der Waals surface area contributed by atoms with Crippen molar-refractivity contribution < 1.29 is 5.11 Å². The van der Waals surface area contributed by atoms with Gasteiger partial charge in [0, 0.05) is 45.5 Å². The number of hydrogen-bond acceptors (Lipinski definition) is 2. The fourth-order valence-electron chi connectivity index (χ4n) is 2.84. The van der Waals surface area contributed by atoms with Gasteiger partial charge in [0.15, 0.2) is 5.96 Å². The molecule has 0 aliphatic heterocycles. The summed E-state index contributed by atoms with van der Waals surface area (Å²) in [5.41, 5.74) is 1.25. The van der Waals surface area contributed by atoms with Gasteiger partial charge in [0.2, 0.25) is 0 Å². The number of nitrogens with zero attached hydrogens (tertiary/aromatic N) is 3. The van der Waals surface area contributed by atoms with Crippen molar-refractivity contribution in [1.82, 2.24) is 14.8 Å². The topological polar surface area (TPSA) is 52.8 Å². The van der Waals surface area contributed by atoms with Crippen LogP contribution in [0.3, 0.4) is 0 Å². The predicted octanol–water partition coefficient (Wildman–Crippen LogP) is 1.81. The average molecular weight is 406 g/mol. The summed E-state index contributed by atoms with van der Waals surface area (Å²) in [4.78, 5) is 6.43. The van der Waals surface area contributed by atoms with Crippen LogP contribution >= 0.6 is 24.0 Å². The number of aliphatic imine (C=N–C) groups is 1. The minimum Gasteiger partial charge on any atom is -0.393 e. The number of nitrogens with one attached hydrogen (secondary N) is 1. The van der Waals surface area contributed by atoms with Crippen molar-refractivity contribution in [3.05, 3.63) is 24.0 Å². The van der Waals surface area contributed by atoms with E-state index >= 15 is 0 Å². The Morgan fingerprint density at radius 2 is 2.29 bits per heavy atom. The number of aliphatic hydroxyl groups excluding tert-OH is 1. The van der Waals surface area contributed by atoms with Gasteiger partial charge in [0.25, 0.3) is 0 Å². The summed E-state index contributed by atoms with van der Waals surface area (Å²) >= 11 is 0. The molecule has 1 heterocycles. The molecule has 1 aliphatic carbocycles. The second-order valence-electron chi connectivity index (χ2n) is 5.65. The van der Waals surface area contributed by atoms with Gasteiger partial charge in [-0.1, -0.05) is 6.42 Å². The average Bonchev–Trinajstić information content (AvgIpc) is 3.00. The smallest absolute Gasteiger partial charge is 0.193 e. The molecule has 5 nitrogen and oxygen atoms in total. The number of halogens is 1. The third kappa shape index (κ3) is 4.88. The van der Waals surface area contributed by atoms with Crippen molar-refractivity contribution in [3.8, 4) is 0 Å². The molecule has 2 rings (SSSR count). The van der Waals surface area contributed by atoms with Crippen molar-refractivity contribution in [2.24, 2.45) is 18.0 Å². The molecule has 0 bridgehead atoms. The van der Waals surface area contributed by atoms with Crippen LogP contribution < -0.4 is 5.32 Å². The number of hydrogen-bond donors (Lipinski definition) is 2. The zero-order valence-electron chi connectivity index (χ0n) is 13.1. The first-order chi connectivity index (χ1) is 9.61. The van der Waals surface area contributed by atoms with E-state index in [9.17, 15) is 5.11 Å². The maximum absolute atomic E-state index is 9.86. The zero-order valence-corrected chi connectivity index (χ0v) is 15.4. The van der Waals surface area contributed by atoms with E-state index in [-0.39, 0.29) is 30.1 Å². The monoisotopic (exact) mass is 406 g/mol. The summed E-state index contributed by atoms with van der Waals surface area (Å²) in [5, 5.41) is 13.2.